The van der Waals surface area contributed by atoms with E-state index in [9.17, 15) is 8.42 Å². The van der Waals surface area contributed by atoms with Crippen LogP contribution in [0.5, 0.6) is 0 Å². The molecule has 1 aliphatic heterocycles. The lowest BCUT2D eigenvalue weighted by atomic mass is 9.93. The second-order valence-electron chi connectivity index (χ2n) is 5.96. The molecule has 2 heterocycles. The minimum Gasteiger partial charge on any atom is -0.368 e. The topological polar surface area (TPSA) is 67.2 Å². The van der Waals surface area contributed by atoms with Gasteiger partial charge in [-0.1, -0.05) is 19.1 Å². The molecule has 7 heteroatoms. The van der Waals surface area contributed by atoms with Crippen molar-refractivity contribution in [3.8, 4) is 0 Å². The summed E-state index contributed by atoms with van der Waals surface area (Å²) >= 11 is 0. The Morgan fingerprint density at radius 3 is 2.78 bits per heavy atom. The van der Waals surface area contributed by atoms with Crippen LogP contribution in [0.1, 0.15) is 19.4 Å². The van der Waals surface area contributed by atoms with Crippen LogP contribution in [-0.2, 0) is 10.0 Å². The van der Waals surface area contributed by atoms with Crippen molar-refractivity contribution < 1.29 is 8.42 Å². The number of para-hydroxylation sites is 1. The molecule has 1 N–H and O–H groups in total. The standard InChI is InChI=1S/C16H22N4O2S/c1-13-7-9-19(11-15(13)20-10-8-18-12-20)14-5-3-4-6-16(14)23(21,22)17-2/h3-6,8,10,12-13,15,17H,7,9,11H2,1-2H3. The molecule has 1 aliphatic rings. The Morgan fingerprint density at radius 2 is 2.09 bits per heavy atom. The highest BCUT2D eigenvalue weighted by Crippen LogP contribution is 2.33. The number of benzene rings is 1. The summed E-state index contributed by atoms with van der Waals surface area (Å²) in [6.45, 7) is 3.86. The second-order valence-corrected chi connectivity index (χ2v) is 7.82. The number of hydrogen-bond donors (Lipinski definition) is 1. The van der Waals surface area contributed by atoms with E-state index in [1.54, 1.807) is 18.3 Å². The molecule has 124 valence electrons. The summed E-state index contributed by atoms with van der Waals surface area (Å²) in [5.41, 5.74) is 0.763. The van der Waals surface area contributed by atoms with Gasteiger partial charge in [0.2, 0.25) is 10.0 Å². The first-order valence-electron chi connectivity index (χ1n) is 7.78. The molecule has 0 saturated carbocycles. The van der Waals surface area contributed by atoms with Crippen molar-refractivity contribution in [1.29, 1.82) is 0 Å². The van der Waals surface area contributed by atoms with E-state index >= 15 is 0 Å². The fourth-order valence-corrected chi connectivity index (χ4v) is 4.13. The summed E-state index contributed by atoms with van der Waals surface area (Å²) in [5.74, 6) is 0.522. The van der Waals surface area contributed by atoms with Crippen molar-refractivity contribution >= 4 is 15.7 Å². The molecule has 3 rings (SSSR count). The van der Waals surface area contributed by atoms with Gasteiger partial charge in [0.1, 0.15) is 4.90 Å². The third kappa shape index (κ3) is 3.11. The van der Waals surface area contributed by atoms with Crippen molar-refractivity contribution in [2.75, 3.05) is 25.0 Å². The number of imidazole rings is 1. The monoisotopic (exact) mass is 334 g/mol. The van der Waals surface area contributed by atoms with Crippen LogP contribution in [0.2, 0.25) is 0 Å². The molecule has 1 aromatic heterocycles. The Morgan fingerprint density at radius 1 is 1.30 bits per heavy atom. The highest BCUT2D eigenvalue weighted by atomic mass is 32.2. The minimum absolute atomic E-state index is 0.289. The fraction of sp³-hybridized carbons (Fsp3) is 0.438. The Kier molecular flexibility index (Phi) is 4.41. The van der Waals surface area contributed by atoms with Gasteiger partial charge in [0, 0.05) is 25.5 Å². The lowest BCUT2D eigenvalue weighted by Crippen LogP contribution is -2.41. The Bertz CT molecular complexity index is 758. The van der Waals surface area contributed by atoms with Crippen LogP contribution in [0.3, 0.4) is 0 Å². The SMILES string of the molecule is CNS(=O)(=O)c1ccccc1N1CCC(C)C(n2ccnc2)C1. The van der Waals surface area contributed by atoms with Crippen LogP contribution in [0.25, 0.3) is 0 Å². The maximum Gasteiger partial charge on any atom is 0.242 e. The number of piperidine rings is 1. The second kappa shape index (κ2) is 6.33. The quantitative estimate of drug-likeness (QED) is 0.927. The zero-order valence-corrected chi connectivity index (χ0v) is 14.2. The summed E-state index contributed by atoms with van der Waals surface area (Å²) in [5, 5.41) is 0. The maximum absolute atomic E-state index is 12.3. The van der Waals surface area contributed by atoms with Crippen LogP contribution in [0, 0.1) is 5.92 Å². The van der Waals surface area contributed by atoms with Gasteiger partial charge in [-0.25, -0.2) is 18.1 Å². The van der Waals surface area contributed by atoms with E-state index in [1.165, 1.54) is 7.05 Å². The Labute approximate surface area is 137 Å². The van der Waals surface area contributed by atoms with E-state index in [4.69, 9.17) is 0 Å². The lowest BCUT2D eigenvalue weighted by Gasteiger charge is -2.39. The predicted molar refractivity (Wildman–Crippen MR) is 89.9 cm³/mol. The molecular formula is C16H22N4O2S. The highest BCUT2D eigenvalue weighted by molar-refractivity contribution is 7.89. The van der Waals surface area contributed by atoms with Crippen molar-refractivity contribution in [3.63, 3.8) is 0 Å². The summed E-state index contributed by atoms with van der Waals surface area (Å²) in [6, 6.07) is 7.47. The smallest absolute Gasteiger partial charge is 0.242 e. The molecule has 0 aliphatic carbocycles. The first kappa shape index (κ1) is 16.0. The van der Waals surface area contributed by atoms with E-state index in [0.29, 0.717) is 10.8 Å². The van der Waals surface area contributed by atoms with Crippen LogP contribution in [-0.4, -0.2) is 38.1 Å². The molecule has 2 aromatic rings. The molecule has 23 heavy (non-hydrogen) atoms. The molecule has 0 radical (unpaired) electrons. The van der Waals surface area contributed by atoms with Crippen LogP contribution < -0.4 is 9.62 Å². The van der Waals surface area contributed by atoms with Crippen molar-refractivity contribution in [2.24, 2.45) is 5.92 Å². The summed E-state index contributed by atoms with van der Waals surface area (Å²) in [6.07, 6.45) is 6.60. The van der Waals surface area contributed by atoms with Crippen molar-refractivity contribution in [3.05, 3.63) is 43.0 Å². The summed E-state index contributed by atoms with van der Waals surface area (Å²) in [4.78, 5) is 6.63. The van der Waals surface area contributed by atoms with Gasteiger partial charge >= 0.3 is 0 Å². The zero-order valence-electron chi connectivity index (χ0n) is 13.4. The number of nitrogens with zero attached hydrogens (tertiary/aromatic N) is 3. The van der Waals surface area contributed by atoms with Crippen molar-refractivity contribution in [1.82, 2.24) is 14.3 Å². The van der Waals surface area contributed by atoms with Gasteiger partial charge in [0.25, 0.3) is 0 Å². The normalized spacial score (nSPS) is 22.3. The number of rotatable bonds is 4. The van der Waals surface area contributed by atoms with Gasteiger partial charge in [-0.3, -0.25) is 0 Å². The number of nitrogens with one attached hydrogen (secondary N) is 1. The molecule has 6 nitrogen and oxygen atoms in total. The average molecular weight is 334 g/mol. The molecule has 1 aromatic carbocycles. The lowest BCUT2D eigenvalue weighted by molar-refractivity contribution is 0.298. The molecule has 2 atom stereocenters. The van der Waals surface area contributed by atoms with E-state index in [0.717, 1.165) is 25.2 Å². The maximum atomic E-state index is 12.3. The summed E-state index contributed by atoms with van der Waals surface area (Å²) < 4.78 is 29.1. The number of sulfonamides is 1. The first-order chi connectivity index (χ1) is 11.0. The first-order valence-corrected chi connectivity index (χ1v) is 9.26. The fourth-order valence-electron chi connectivity index (χ4n) is 3.18. The zero-order chi connectivity index (χ0) is 16.4. The molecule has 0 bridgehead atoms. The molecule has 0 amide bonds. The largest absolute Gasteiger partial charge is 0.368 e. The van der Waals surface area contributed by atoms with Gasteiger partial charge in [0.15, 0.2) is 0 Å². The van der Waals surface area contributed by atoms with Gasteiger partial charge in [-0.05, 0) is 31.5 Å². The predicted octanol–water partition coefficient (Wildman–Crippen LogP) is 1.88. The van der Waals surface area contributed by atoms with Crippen LogP contribution >= 0.6 is 0 Å². The minimum atomic E-state index is -3.47. The van der Waals surface area contributed by atoms with E-state index in [2.05, 4.69) is 26.1 Å². The summed E-state index contributed by atoms with van der Waals surface area (Å²) in [7, 11) is -2.03. The van der Waals surface area contributed by atoms with Gasteiger partial charge in [-0.15, -0.1) is 0 Å². The molecule has 1 fully saturated rings. The number of hydrogen-bond acceptors (Lipinski definition) is 4. The van der Waals surface area contributed by atoms with E-state index < -0.39 is 10.0 Å². The van der Waals surface area contributed by atoms with Gasteiger partial charge in [0.05, 0.1) is 18.1 Å². The third-order valence-corrected chi connectivity index (χ3v) is 6.05. The highest BCUT2D eigenvalue weighted by Gasteiger charge is 2.30. The van der Waals surface area contributed by atoms with Crippen LogP contribution in [0.4, 0.5) is 5.69 Å². The molecule has 0 spiro atoms. The number of aromatic nitrogens is 2. The Balaban J connectivity index is 1.94. The molecule has 2 unspecified atom stereocenters. The van der Waals surface area contributed by atoms with Crippen LogP contribution in [0.15, 0.2) is 47.9 Å². The Hall–Kier alpha value is -1.86. The van der Waals surface area contributed by atoms with E-state index in [1.807, 2.05) is 24.7 Å². The van der Waals surface area contributed by atoms with Crippen molar-refractivity contribution in [2.45, 2.75) is 24.3 Å². The third-order valence-electron chi connectivity index (χ3n) is 4.59. The molecular weight excluding hydrogens is 312 g/mol. The molecule has 1 saturated heterocycles. The number of anilines is 1. The van der Waals surface area contributed by atoms with Gasteiger partial charge in [-0.2, -0.15) is 0 Å². The average Bonchev–Trinajstić information content (AvgIpc) is 3.09. The van der Waals surface area contributed by atoms with Gasteiger partial charge < -0.3 is 9.47 Å². The van der Waals surface area contributed by atoms with E-state index in [-0.39, 0.29) is 6.04 Å².